The lowest BCUT2D eigenvalue weighted by Gasteiger charge is -2.18. The predicted molar refractivity (Wildman–Crippen MR) is 85.2 cm³/mol. The van der Waals surface area contributed by atoms with E-state index in [2.05, 4.69) is 55.6 Å². The van der Waals surface area contributed by atoms with Crippen LogP contribution in [0.5, 0.6) is 0 Å². The number of thiophene rings is 1. The number of rotatable bonds is 6. The minimum Gasteiger partial charge on any atom is -0.319 e. The predicted octanol–water partition coefficient (Wildman–Crippen LogP) is 4.16. The molecule has 1 nitrogen and oxygen atoms in total. The first-order valence-electron chi connectivity index (χ1n) is 7.02. The van der Waals surface area contributed by atoms with E-state index in [9.17, 15) is 0 Å². The van der Waals surface area contributed by atoms with Gasteiger partial charge in [-0.15, -0.1) is 11.3 Å². The van der Waals surface area contributed by atoms with Crippen LogP contribution in [0.3, 0.4) is 0 Å². The molecule has 0 saturated carbocycles. The molecule has 1 aromatic carbocycles. The summed E-state index contributed by atoms with van der Waals surface area (Å²) in [7, 11) is 2.04. The number of hydrogen-bond acceptors (Lipinski definition) is 2. The molecule has 102 valence electrons. The Morgan fingerprint density at radius 1 is 1.11 bits per heavy atom. The molecule has 1 N–H and O–H groups in total. The van der Waals surface area contributed by atoms with Gasteiger partial charge in [-0.05, 0) is 50.1 Å². The Labute approximate surface area is 120 Å². The summed E-state index contributed by atoms with van der Waals surface area (Å²) in [5.74, 6) is 0.564. The molecular weight excluding hydrogens is 250 g/mol. The van der Waals surface area contributed by atoms with Gasteiger partial charge in [0.05, 0.1) is 0 Å². The molecule has 1 atom stereocenters. The zero-order valence-corrected chi connectivity index (χ0v) is 12.9. The highest BCUT2D eigenvalue weighted by atomic mass is 32.1. The van der Waals surface area contributed by atoms with Gasteiger partial charge >= 0.3 is 0 Å². The lowest BCUT2D eigenvalue weighted by Crippen LogP contribution is -2.19. The first-order valence-corrected chi connectivity index (χ1v) is 7.84. The molecule has 0 radical (unpaired) electrons. The molecule has 0 aliphatic rings. The van der Waals surface area contributed by atoms with Crippen molar-refractivity contribution in [2.24, 2.45) is 0 Å². The molecule has 0 bridgehead atoms. The summed E-state index contributed by atoms with van der Waals surface area (Å²) >= 11 is 1.96. The lowest BCUT2D eigenvalue weighted by atomic mass is 9.91. The van der Waals surface area contributed by atoms with Crippen molar-refractivity contribution in [2.75, 3.05) is 13.6 Å². The zero-order chi connectivity index (χ0) is 13.7. The van der Waals surface area contributed by atoms with Gasteiger partial charge in [0, 0.05) is 22.2 Å². The molecule has 0 spiro atoms. The van der Waals surface area contributed by atoms with Gasteiger partial charge < -0.3 is 5.32 Å². The third-order valence-electron chi connectivity index (χ3n) is 3.59. The Hall–Kier alpha value is -1.12. The summed E-state index contributed by atoms with van der Waals surface area (Å²) in [6.45, 7) is 5.47. The van der Waals surface area contributed by atoms with Gasteiger partial charge in [0.15, 0.2) is 0 Å². The van der Waals surface area contributed by atoms with Gasteiger partial charge in [0.25, 0.3) is 0 Å². The highest BCUT2D eigenvalue weighted by Gasteiger charge is 2.14. The van der Waals surface area contributed by atoms with Crippen LogP contribution in [0.2, 0.25) is 0 Å². The minimum atomic E-state index is 0.564. The van der Waals surface area contributed by atoms with Crippen LogP contribution in [0.1, 0.15) is 33.7 Å². The Morgan fingerprint density at radius 2 is 1.84 bits per heavy atom. The van der Waals surface area contributed by atoms with E-state index in [0.29, 0.717) is 5.92 Å². The van der Waals surface area contributed by atoms with E-state index in [1.54, 1.807) is 0 Å². The summed E-state index contributed by atoms with van der Waals surface area (Å²) in [4.78, 5) is 2.99. The molecule has 19 heavy (non-hydrogen) atoms. The average Bonchev–Trinajstić information content (AvgIpc) is 2.87. The van der Waals surface area contributed by atoms with Gasteiger partial charge in [-0.2, -0.15) is 0 Å². The molecule has 2 heteroatoms. The third kappa shape index (κ3) is 3.68. The summed E-state index contributed by atoms with van der Waals surface area (Å²) in [5.41, 5.74) is 2.87. The lowest BCUT2D eigenvalue weighted by molar-refractivity contribution is 0.627. The summed E-state index contributed by atoms with van der Waals surface area (Å²) in [6, 6.07) is 13.3. The molecule has 1 heterocycles. The van der Waals surface area contributed by atoms with E-state index in [1.165, 1.54) is 20.9 Å². The molecule has 2 rings (SSSR count). The maximum absolute atomic E-state index is 3.34. The standard InChI is InChI=1S/C17H23NS/c1-4-15-9-10-16(19-15)11-14(12-18-3)17-8-6-5-7-13(17)2/h5-10,14,18H,4,11-12H2,1-3H3. The van der Waals surface area contributed by atoms with E-state index < -0.39 is 0 Å². The number of aryl methyl sites for hydroxylation is 2. The van der Waals surface area contributed by atoms with Crippen LogP contribution in [-0.2, 0) is 12.8 Å². The highest BCUT2D eigenvalue weighted by Crippen LogP contribution is 2.27. The zero-order valence-electron chi connectivity index (χ0n) is 12.1. The van der Waals surface area contributed by atoms with Gasteiger partial charge in [-0.3, -0.25) is 0 Å². The van der Waals surface area contributed by atoms with E-state index in [-0.39, 0.29) is 0 Å². The van der Waals surface area contributed by atoms with Crippen molar-refractivity contribution in [2.45, 2.75) is 32.6 Å². The van der Waals surface area contributed by atoms with Crippen molar-refractivity contribution >= 4 is 11.3 Å². The number of hydrogen-bond donors (Lipinski definition) is 1. The van der Waals surface area contributed by atoms with Crippen LogP contribution < -0.4 is 5.32 Å². The Balaban J connectivity index is 2.18. The van der Waals surface area contributed by atoms with Crippen molar-refractivity contribution in [1.29, 1.82) is 0 Å². The maximum atomic E-state index is 3.34. The second-order valence-electron chi connectivity index (χ2n) is 5.04. The van der Waals surface area contributed by atoms with E-state index in [0.717, 1.165) is 19.4 Å². The van der Waals surface area contributed by atoms with Gasteiger partial charge in [0.1, 0.15) is 0 Å². The molecule has 0 fully saturated rings. The third-order valence-corrected chi connectivity index (χ3v) is 4.84. The molecule has 0 aliphatic carbocycles. The van der Waals surface area contributed by atoms with Crippen LogP contribution in [0.15, 0.2) is 36.4 Å². The molecule has 0 amide bonds. The molecule has 0 aliphatic heterocycles. The van der Waals surface area contributed by atoms with Crippen molar-refractivity contribution in [3.05, 3.63) is 57.3 Å². The second kappa shape index (κ2) is 6.88. The monoisotopic (exact) mass is 273 g/mol. The fraction of sp³-hybridized carbons (Fsp3) is 0.412. The highest BCUT2D eigenvalue weighted by molar-refractivity contribution is 7.11. The average molecular weight is 273 g/mol. The number of nitrogens with one attached hydrogen (secondary N) is 1. The normalized spacial score (nSPS) is 12.6. The van der Waals surface area contributed by atoms with Crippen molar-refractivity contribution in [1.82, 2.24) is 5.32 Å². The molecular formula is C17H23NS. The fourth-order valence-electron chi connectivity index (χ4n) is 2.55. The van der Waals surface area contributed by atoms with Crippen molar-refractivity contribution in [3.63, 3.8) is 0 Å². The van der Waals surface area contributed by atoms with Gasteiger partial charge in [-0.1, -0.05) is 31.2 Å². The van der Waals surface area contributed by atoms with E-state index in [1.807, 2.05) is 18.4 Å². The molecule has 1 unspecified atom stereocenters. The Bertz CT molecular complexity index is 515. The SMILES string of the molecule is CCc1ccc(CC(CNC)c2ccccc2C)s1. The van der Waals surface area contributed by atoms with Crippen molar-refractivity contribution < 1.29 is 0 Å². The van der Waals surface area contributed by atoms with Gasteiger partial charge in [-0.25, -0.2) is 0 Å². The minimum absolute atomic E-state index is 0.564. The first kappa shape index (κ1) is 14.3. The van der Waals surface area contributed by atoms with Gasteiger partial charge in [0.2, 0.25) is 0 Å². The van der Waals surface area contributed by atoms with Crippen LogP contribution >= 0.6 is 11.3 Å². The van der Waals surface area contributed by atoms with Crippen LogP contribution in [0.25, 0.3) is 0 Å². The topological polar surface area (TPSA) is 12.0 Å². The van der Waals surface area contributed by atoms with Crippen LogP contribution in [0, 0.1) is 6.92 Å². The quantitative estimate of drug-likeness (QED) is 0.833. The molecule has 1 aromatic heterocycles. The molecule has 0 saturated heterocycles. The molecule has 2 aromatic rings. The Morgan fingerprint density at radius 3 is 2.47 bits per heavy atom. The van der Waals surface area contributed by atoms with Crippen molar-refractivity contribution in [3.8, 4) is 0 Å². The van der Waals surface area contributed by atoms with E-state index in [4.69, 9.17) is 0 Å². The smallest absolute Gasteiger partial charge is 0.00547 e. The summed E-state index contributed by atoms with van der Waals surface area (Å²) < 4.78 is 0. The first-order chi connectivity index (χ1) is 9.24. The van der Waals surface area contributed by atoms with Crippen LogP contribution in [0.4, 0.5) is 0 Å². The summed E-state index contributed by atoms with van der Waals surface area (Å²) in [6.07, 6.45) is 2.28. The van der Waals surface area contributed by atoms with E-state index >= 15 is 0 Å². The van der Waals surface area contributed by atoms with Crippen LogP contribution in [-0.4, -0.2) is 13.6 Å². The largest absolute Gasteiger partial charge is 0.319 e. The number of likely N-dealkylation sites (N-methyl/N-ethyl adjacent to an activating group) is 1. The number of benzene rings is 1. The summed E-state index contributed by atoms with van der Waals surface area (Å²) in [5, 5.41) is 3.34. The Kier molecular flexibility index (Phi) is 5.17. The maximum Gasteiger partial charge on any atom is 0.00547 e. The second-order valence-corrected chi connectivity index (χ2v) is 6.29. The fourth-order valence-corrected chi connectivity index (χ4v) is 3.59.